The molecule has 0 atom stereocenters. The lowest BCUT2D eigenvalue weighted by molar-refractivity contribution is 0.419. The van der Waals surface area contributed by atoms with Crippen LogP contribution < -0.4 is 10.1 Å². The van der Waals surface area contributed by atoms with Crippen molar-refractivity contribution in [2.45, 2.75) is 13.5 Å². The summed E-state index contributed by atoms with van der Waals surface area (Å²) in [6.07, 6.45) is 0. The van der Waals surface area contributed by atoms with E-state index in [4.69, 9.17) is 4.74 Å². The van der Waals surface area contributed by atoms with E-state index in [-0.39, 0.29) is 12.1 Å². The van der Waals surface area contributed by atoms with Crippen LogP contribution in [0.2, 0.25) is 0 Å². The number of methoxy groups -OCH3 is 1. The molecule has 0 spiro atoms. The van der Waals surface area contributed by atoms with Crippen LogP contribution >= 0.6 is 0 Å². The van der Waals surface area contributed by atoms with Crippen molar-refractivity contribution in [2.24, 2.45) is 0 Å². The number of rotatable bonds is 4. The molecule has 0 radical (unpaired) electrons. The maximum Gasteiger partial charge on any atom is 0.145 e. The molecule has 5 heteroatoms. The number of nitrogens with one attached hydrogen (secondary N) is 1. The molecule has 3 rings (SSSR count). The number of fused-ring (bicyclic) bond motifs is 1. The molecule has 0 aliphatic rings. The summed E-state index contributed by atoms with van der Waals surface area (Å²) in [4.78, 5) is 4.48. The molecule has 0 saturated heterocycles. The minimum absolute atomic E-state index is 0.0120. The van der Waals surface area contributed by atoms with Crippen LogP contribution in [-0.2, 0) is 6.54 Å². The Hall–Kier alpha value is -2.69. The predicted octanol–water partition coefficient (Wildman–Crippen LogP) is 4.44. The van der Waals surface area contributed by atoms with Gasteiger partial charge in [-0.05, 0) is 31.2 Å². The van der Waals surface area contributed by atoms with Crippen LogP contribution in [0.4, 0.5) is 14.5 Å². The number of aryl methyl sites for hydroxylation is 1. The molecular formula is C18H16F2N2O. The molecular weight excluding hydrogens is 298 g/mol. The van der Waals surface area contributed by atoms with Crippen molar-refractivity contribution in [3.05, 3.63) is 65.4 Å². The lowest BCUT2D eigenvalue weighted by Crippen LogP contribution is -2.05. The van der Waals surface area contributed by atoms with Gasteiger partial charge >= 0.3 is 0 Å². The molecule has 0 fully saturated rings. The molecule has 23 heavy (non-hydrogen) atoms. The highest BCUT2D eigenvalue weighted by Crippen LogP contribution is 2.30. The van der Waals surface area contributed by atoms with Gasteiger partial charge in [0.05, 0.1) is 7.11 Å². The summed E-state index contributed by atoms with van der Waals surface area (Å²) in [5.41, 5.74) is 2.28. The molecule has 0 aliphatic heterocycles. The Morgan fingerprint density at radius 2 is 1.78 bits per heavy atom. The standard InChI is InChI=1S/C18H16F2N2O/c1-11-9-16(12-5-3-8-17(23-2)18(12)22-11)21-10-13-14(19)6-4-7-15(13)20/h3-9H,10H2,1-2H3,(H,21,22). The number of para-hydroxylation sites is 1. The number of hydrogen-bond donors (Lipinski definition) is 1. The molecule has 1 N–H and O–H groups in total. The summed E-state index contributed by atoms with van der Waals surface area (Å²) >= 11 is 0. The average molecular weight is 314 g/mol. The molecule has 1 aromatic heterocycles. The fourth-order valence-corrected chi connectivity index (χ4v) is 2.55. The Labute approximate surface area is 132 Å². The molecule has 0 amide bonds. The van der Waals surface area contributed by atoms with E-state index < -0.39 is 11.6 Å². The smallest absolute Gasteiger partial charge is 0.145 e. The summed E-state index contributed by atoms with van der Waals surface area (Å²) in [5, 5.41) is 3.94. The minimum Gasteiger partial charge on any atom is -0.494 e. The largest absolute Gasteiger partial charge is 0.494 e. The van der Waals surface area contributed by atoms with Gasteiger partial charge in [-0.1, -0.05) is 18.2 Å². The fraction of sp³-hybridized carbons (Fsp3) is 0.167. The van der Waals surface area contributed by atoms with Gasteiger partial charge in [-0.15, -0.1) is 0 Å². The van der Waals surface area contributed by atoms with Gasteiger partial charge in [0, 0.05) is 28.9 Å². The van der Waals surface area contributed by atoms with Crippen molar-refractivity contribution >= 4 is 16.6 Å². The number of anilines is 1. The third-order valence-corrected chi connectivity index (χ3v) is 3.67. The molecule has 0 aliphatic carbocycles. The van der Waals surface area contributed by atoms with Crippen LogP contribution in [0.1, 0.15) is 11.3 Å². The Morgan fingerprint density at radius 3 is 2.48 bits per heavy atom. The summed E-state index contributed by atoms with van der Waals surface area (Å²) in [5.74, 6) is -0.471. The first-order chi connectivity index (χ1) is 11.1. The van der Waals surface area contributed by atoms with Crippen molar-refractivity contribution in [1.82, 2.24) is 4.98 Å². The maximum atomic E-state index is 13.8. The van der Waals surface area contributed by atoms with Gasteiger partial charge < -0.3 is 10.1 Å². The van der Waals surface area contributed by atoms with Gasteiger partial charge in [0.2, 0.25) is 0 Å². The minimum atomic E-state index is -0.565. The SMILES string of the molecule is COc1cccc2c(NCc3c(F)cccc3F)cc(C)nc12. The third-order valence-electron chi connectivity index (χ3n) is 3.67. The lowest BCUT2D eigenvalue weighted by atomic mass is 10.1. The van der Waals surface area contributed by atoms with Crippen LogP contribution in [0.5, 0.6) is 5.75 Å². The average Bonchev–Trinajstić information content (AvgIpc) is 2.53. The van der Waals surface area contributed by atoms with Gasteiger partial charge in [-0.25, -0.2) is 13.8 Å². The zero-order valence-corrected chi connectivity index (χ0v) is 12.9. The van der Waals surface area contributed by atoms with E-state index in [0.29, 0.717) is 11.3 Å². The zero-order chi connectivity index (χ0) is 16.4. The molecule has 118 valence electrons. The fourth-order valence-electron chi connectivity index (χ4n) is 2.55. The van der Waals surface area contributed by atoms with Crippen molar-refractivity contribution in [2.75, 3.05) is 12.4 Å². The quantitative estimate of drug-likeness (QED) is 0.773. The van der Waals surface area contributed by atoms with Crippen molar-refractivity contribution in [1.29, 1.82) is 0 Å². The van der Waals surface area contributed by atoms with Gasteiger partial charge in [-0.2, -0.15) is 0 Å². The van der Waals surface area contributed by atoms with Gasteiger partial charge in [0.1, 0.15) is 22.9 Å². The number of halogens is 2. The van der Waals surface area contributed by atoms with E-state index in [9.17, 15) is 8.78 Å². The van der Waals surface area contributed by atoms with Gasteiger partial charge in [0.25, 0.3) is 0 Å². The number of nitrogens with zero attached hydrogens (tertiary/aromatic N) is 1. The van der Waals surface area contributed by atoms with Crippen LogP contribution in [0.3, 0.4) is 0 Å². The van der Waals surface area contributed by atoms with Gasteiger partial charge in [0.15, 0.2) is 0 Å². The van der Waals surface area contributed by atoms with E-state index in [1.165, 1.54) is 18.2 Å². The van der Waals surface area contributed by atoms with E-state index in [0.717, 1.165) is 16.8 Å². The lowest BCUT2D eigenvalue weighted by Gasteiger charge is -2.13. The number of pyridine rings is 1. The van der Waals surface area contributed by atoms with E-state index in [1.54, 1.807) is 7.11 Å². The number of ether oxygens (including phenoxy) is 1. The summed E-state index contributed by atoms with van der Waals surface area (Å²) in [6, 6.07) is 11.3. The maximum absolute atomic E-state index is 13.8. The first-order valence-electron chi connectivity index (χ1n) is 7.21. The second-order valence-electron chi connectivity index (χ2n) is 5.22. The van der Waals surface area contributed by atoms with Crippen molar-refractivity contribution < 1.29 is 13.5 Å². The van der Waals surface area contributed by atoms with Crippen LogP contribution in [0.25, 0.3) is 10.9 Å². The number of benzene rings is 2. The van der Waals surface area contributed by atoms with Gasteiger partial charge in [-0.3, -0.25) is 0 Å². The Morgan fingerprint density at radius 1 is 1.09 bits per heavy atom. The Kier molecular flexibility index (Phi) is 4.10. The molecule has 2 aromatic carbocycles. The number of aromatic nitrogens is 1. The highest BCUT2D eigenvalue weighted by molar-refractivity contribution is 5.95. The van der Waals surface area contributed by atoms with Crippen LogP contribution in [-0.4, -0.2) is 12.1 Å². The predicted molar refractivity (Wildman–Crippen MR) is 86.7 cm³/mol. The summed E-state index contributed by atoms with van der Waals surface area (Å²) < 4.78 is 32.8. The Bertz CT molecular complexity index is 845. The first-order valence-corrected chi connectivity index (χ1v) is 7.21. The third kappa shape index (κ3) is 2.95. The van der Waals surface area contributed by atoms with Crippen LogP contribution in [0, 0.1) is 18.6 Å². The molecule has 0 bridgehead atoms. The molecule has 3 aromatic rings. The second kappa shape index (κ2) is 6.20. The first kappa shape index (κ1) is 15.2. The summed E-state index contributed by atoms with van der Waals surface area (Å²) in [6.45, 7) is 1.91. The van der Waals surface area contributed by atoms with Crippen LogP contribution in [0.15, 0.2) is 42.5 Å². The van der Waals surface area contributed by atoms with Crippen molar-refractivity contribution in [3.63, 3.8) is 0 Å². The van der Waals surface area contributed by atoms with E-state index >= 15 is 0 Å². The topological polar surface area (TPSA) is 34.1 Å². The Balaban J connectivity index is 2.00. The monoisotopic (exact) mass is 314 g/mol. The van der Waals surface area contributed by atoms with Crippen molar-refractivity contribution in [3.8, 4) is 5.75 Å². The summed E-state index contributed by atoms with van der Waals surface area (Å²) in [7, 11) is 1.58. The van der Waals surface area contributed by atoms with E-state index in [2.05, 4.69) is 10.3 Å². The normalized spacial score (nSPS) is 10.8. The molecule has 0 saturated carbocycles. The zero-order valence-electron chi connectivity index (χ0n) is 12.9. The highest BCUT2D eigenvalue weighted by atomic mass is 19.1. The molecule has 0 unspecified atom stereocenters. The second-order valence-corrected chi connectivity index (χ2v) is 5.22. The molecule has 1 heterocycles. The molecule has 3 nitrogen and oxygen atoms in total. The highest BCUT2D eigenvalue weighted by Gasteiger charge is 2.11. The van der Waals surface area contributed by atoms with E-state index in [1.807, 2.05) is 31.2 Å². The number of hydrogen-bond acceptors (Lipinski definition) is 3.